The molecular formula is C14H19N4O2+. The average Bonchev–Trinajstić information content (AvgIpc) is 2.51. The Morgan fingerprint density at radius 1 is 1.35 bits per heavy atom. The second kappa shape index (κ2) is 4.94. The fourth-order valence-electron chi connectivity index (χ4n) is 3.03. The highest BCUT2D eigenvalue weighted by molar-refractivity contribution is 6.15. The molecular weight excluding hydrogens is 256 g/mol. The minimum Gasteiger partial charge on any atom is -0.317 e. The Bertz CT molecular complexity index is 556. The van der Waals surface area contributed by atoms with Gasteiger partial charge in [-0.05, 0) is 37.4 Å². The first-order valence-electron chi connectivity index (χ1n) is 6.98. The van der Waals surface area contributed by atoms with Gasteiger partial charge in [0.2, 0.25) is 0 Å². The number of amidine groups is 1. The minimum atomic E-state index is -0.419. The lowest BCUT2D eigenvalue weighted by atomic mass is 9.86. The van der Waals surface area contributed by atoms with Crippen LogP contribution in [0.3, 0.4) is 0 Å². The first-order chi connectivity index (χ1) is 9.59. The molecule has 3 rings (SSSR count). The second-order valence-corrected chi connectivity index (χ2v) is 5.52. The number of piperidine rings is 1. The Morgan fingerprint density at radius 3 is 2.75 bits per heavy atom. The standard InChI is InChI=1S/C14H19N4O2/c1-17-12-11(13(19)18(2)14(17)20)7-10(8-16-12)9-3-5-15-6-4-9/h7-9,11,15H,3-6H2,1-2H3/q+1. The third kappa shape index (κ3) is 2.00. The summed E-state index contributed by atoms with van der Waals surface area (Å²) in [7, 11) is 3.18. The SMILES string of the molecule is CN1C(=O)C2C=C(C3CCNCC3)C=NC2=[N+](C)C1=O. The maximum Gasteiger partial charge on any atom is 0.445 e. The van der Waals surface area contributed by atoms with Gasteiger partial charge in [-0.1, -0.05) is 6.08 Å². The molecule has 0 aliphatic carbocycles. The van der Waals surface area contributed by atoms with Crippen LogP contribution in [-0.4, -0.2) is 60.6 Å². The van der Waals surface area contributed by atoms with Crippen LogP contribution in [0.5, 0.6) is 0 Å². The first-order valence-corrected chi connectivity index (χ1v) is 6.98. The van der Waals surface area contributed by atoms with Crippen molar-refractivity contribution in [2.24, 2.45) is 16.8 Å². The van der Waals surface area contributed by atoms with Gasteiger partial charge >= 0.3 is 11.9 Å². The van der Waals surface area contributed by atoms with Crippen LogP contribution >= 0.6 is 0 Å². The number of fused-ring (bicyclic) bond motifs is 1. The molecule has 6 heteroatoms. The smallest absolute Gasteiger partial charge is 0.317 e. The van der Waals surface area contributed by atoms with Gasteiger partial charge < -0.3 is 5.32 Å². The van der Waals surface area contributed by atoms with Crippen LogP contribution in [0.15, 0.2) is 16.6 Å². The molecule has 3 aliphatic heterocycles. The molecule has 1 unspecified atom stereocenters. The summed E-state index contributed by atoms with van der Waals surface area (Å²) in [6.07, 6.45) is 5.95. The number of hydrogen-bond acceptors (Lipinski definition) is 4. The molecule has 0 saturated carbocycles. The fraction of sp³-hybridized carbons (Fsp3) is 0.571. The van der Waals surface area contributed by atoms with E-state index in [1.807, 2.05) is 12.3 Å². The molecule has 20 heavy (non-hydrogen) atoms. The van der Waals surface area contributed by atoms with Gasteiger partial charge in [0.05, 0.1) is 14.1 Å². The molecule has 0 aromatic heterocycles. The van der Waals surface area contributed by atoms with Gasteiger partial charge in [0.1, 0.15) is 6.21 Å². The second-order valence-electron chi connectivity index (χ2n) is 5.52. The van der Waals surface area contributed by atoms with E-state index in [1.165, 1.54) is 16.5 Å². The van der Waals surface area contributed by atoms with Crippen molar-refractivity contribution in [2.45, 2.75) is 12.8 Å². The van der Waals surface area contributed by atoms with Gasteiger partial charge in [0.15, 0.2) is 5.92 Å². The molecule has 1 atom stereocenters. The molecule has 0 bridgehead atoms. The van der Waals surface area contributed by atoms with Gasteiger partial charge in [-0.2, -0.15) is 9.48 Å². The molecule has 106 valence electrons. The molecule has 1 fully saturated rings. The van der Waals surface area contributed by atoms with E-state index in [-0.39, 0.29) is 11.9 Å². The molecule has 3 aliphatic rings. The van der Waals surface area contributed by atoms with E-state index < -0.39 is 5.92 Å². The zero-order valence-electron chi connectivity index (χ0n) is 11.8. The minimum absolute atomic E-state index is 0.189. The third-order valence-electron chi connectivity index (χ3n) is 4.31. The molecule has 0 aromatic carbocycles. The van der Waals surface area contributed by atoms with Crippen LogP contribution in [0.25, 0.3) is 0 Å². The van der Waals surface area contributed by atoms with E-state index >= 15 is 0 Å². The van der Waals surface area contributed by atoms with Crippen LogP contribution in [0.1, 0.15) is 12.8 Å². The van der Waals surface area contributed by atoms with Crippen molar-refractivity contribution in [3.05, 3.63) is 11.6 Å². The average molecular weight is 275 g/mol. The maximum atomic E-state index is 12.3. The zero-order valence-corrected chi connectivity index (χ0v) is 11.8. The van der Waals surface area contributed by atoms with Gasteiger partial charge in [-0.3, -0.25) is 4.79 Å². The Morgan fingerprint density at radius 2 is 2.05 bits per heavy atom. The Kier molecular flexibility index (Phi) is 3.25. The van der Waals surface area contributed by atoms with E-state index in [2.05, 4.69) is 10.3 Å². The number of hydrogen-bond donors (Lipinski definition) is 1. The lowest BCUT2D eigenvalue weighted by molar-refractivity contribution is -0.407. The van der Waals surface area contributed by atoms with E-state index in [1.54, 1.807) is 7.05 Å². The Labute approximate surface area is 117 Å². The number of carbonyl (C=O) groups excluding carboxylic acids is 2. The number of nitrogens with one attached hydrogen (secondary N) is 1. The van der Waals surface area contributed by atoms with Crippen LogP contribution in [0, 0.1) is 11.8 Å². The number of nitrogens with zero attached hydrogens (tertiary/aromatic N) is 3. The summed E-state index contributed by atoms with van der Waals surface area (Å²) >= 11 is 0. The highest BCUT2D eigenvalue weighted by atomic mass is 16.2. The number of urea groups is 1. The van der Waals surface area contributed by atoms with E-state index in [9.17, 15) is 9.59 Å². The summed E-state index contributed by atoms with van der Waals surface area (Å²) in [4.78, 5) is 29.7. The van der Waals surface area contributed by atoms with Crippen LogP contribution < -0.4 is 5.32 Å². The van der Waals surface area contributed by atoms with Crippen molar-refractivity contribution in [1.82, 2.24) is 10.2 Å². The van der Waals surface area contributed by atoms with Gasteiger partial charge in [-0.25, -0.2) is 4.79 Å². The van der Waals surface area contributed by atoms with Gasteiger partial charge in [-0.15, -0.1) is 4.99 Å². The monoisotopic (exact) mass is 275 g/mol. The van der Waals surface area contributed by atoms with Crippen LogP contribution in [-0.2, 0) is 4.79 Å². The molecule has 3 heterocycles. The Hall–Kier alpha value is -1.82. The number of rotatable bonds is 1. The summed E-state index contributed by atoms with van der Waals surface area (Å²) in [5.74, 6) is 0.391. The Balaban J connectivity index is 1.94. The zero-order chi connectivity index (χ0) is 14.3. The first kappa shape index (κ1) is 13.2. The summed E-state index contributed by atoms with van der Waals surface area (Å²) in [6, 6.07) is -0.322. The summed E-state index contributed by atoms with van der Waals surface area (Å²) < 4.78 is 1.46. The summed E-state index contributed by atoms with van der Waals surface area (Å²) in [5.41, 5.74) is 1.13. The van der Waals surface area contributed by atoms with Crippen molar-refractivity contribution < 1.29 is 14.2 Å². The largest absolute Gasteiger partial charge is 0.445 e. The molecule has 0 spiro atoms. The fourth-order valence-corrected chi connectivity index (χ4v) is 3.03. The molecule has 1 N–H and O–H groups in total. The van der Waals surface area contributed by atoms with Crippen molar-refractivity contribution >= 4 is 24.0 Å². The van der Waals surface area contributed by atoms with Crippen LogP contribution in [0.4, 0.5) is 4.79 Å². The predicted octanol–water partition coefficient (Wildman–Crippen LogP) is 0.246. The molecule has 0 aromatic rings. The molecule has 1 saturated heterocycles. The normalized spacial score (nSPS) is 27.8. The van der Waals surface area contributed by atoms with E-state index in [4.69, 9.17) is 0 Å². The number of allylic oxidation sites excluding steroid dienone is 1. The van der Waals surface area contributed by atoms with Crippen LogP contribution in [0.2, 0.25) is 0 Å². The van der Waals surface area contributed by atoms with Gasteiger partial charge in [0, 0.05) is 0 Å². The van der Waals surface area contributed by atoms with Crippen molar-refractivity contribution in [3.8, 4) is 0 Å². The topological polar surface area (TPSA) is 64.8 Å². The lowest BCUT2D eigenvalue weighted by Crippen LogP contribution is -2.52. The lowest BCUT2D eigenvalue weighted by Gasteiger charge is -2.27. The number of aliphatic imine (C=N–C) groups is 1. The van der Waals surface area contributed by atoms with Crippen molar-refractivity contribution in [3.63, 3.8) is 0 Å². The highest BCUT2D eigenvalue weighted by Crippen LogP contribution is 2.26. The van der Waals surface area contributed by atoms with E-state index in [0.29, 0.717) is 11.8 Å². The summed E-state index contributed by atoms with van der Waals surface area (Å²) in [6.45, 7) is 2.01. The maximum absolute atomic E-state index is 12.3. The highest BCUT2D eigenvalue weighted by Gasteiger charge is 2.44. The molecule has 3 amide bonds. The number of dihydropyridines is 1. The molecule has 6 nitrogen and oxygen atoms in total. The number of imide groups is 1. The third-order valence-corrected chi connectivity index (χ3v) is 4.31. The quantitative estimate of drug-likeness (QED) is 0.698. The molecule has 0 radical (unpaired) electrons. The van der Waals surface area contributed by atoms with E-state index in [0.717, 1.165) is 31.5 Å². The number of carbonyl (C=O) groups is 2. The van der Waals surface area contributed by atoms with Crippen molar-refractivity contribution in [2.75, 3.05) is 27.2 Å². The van der Waals surface area contributed by atoms with Crippen molar-refractivity contribution in [1.29, 1.82) is 0 Å². The number of amides is 3. The summed E-state index contributed by atoms with van der Waals surface area (Å²) in [5, 5.41) is 3.33. The predicted molar refractivity (Wildman–Crippen MR) is 75.0 cm³/mol. The van der Waals surface area contributed by atoms with Gasteiger partial charge in [0.25, 0.3) is 5.84 Å².